The molecule has 0 bridgehead atoms. The van der Waals surface area contributed by atoms with Crippen molar-refractivity contribution < 1.29 is 25.6 Å². The van der Waals surface area contributed by atoms with Crippen molar-refractivity contribution in [1.29, 1.82) is 0 Å². The van der Waals surface area contributed by atoms with Crippen LogP contribution in [0.5, 0.6) is 5.75 Å². The van der Waals surface area contributed by atoms with Crippen LogP contribution in [0.2, 0.25) is 0 Å². The maximum absolute atomic E-state index is 14.5. The van der Waals surface area contributed by atoms with E-state index in [1.54, 1.807) is 0 Å². The average Bonchev–Trinajstić information content (AvgIpc) is 2.92. The molecular formula is C33H48O6S2. The molecule has 8 heteroatoms. The van der Waals surface area contributed by atoms with E-state index in [-0.39, 0.29) is 45.1 Å². The van der Waals surface area contributed by atoms with Gasteiger partial charge in [-0.05, 0) is 84.1 Å². The Morgan fingerprint density at radius 3 is 1.41 bits per heavy atom. The van der Waals surface area contributed by atoms with Gasteiger partial charge in [0.2, 0.25) is 0 Å². The molecule has 2 fully saturated rings. The lowest BCUT2D eigenvalue weighted by molar-refractivity contribution is 0.409. The molecule has 0 aromatic heterocycles. The highest BCUT2D eigenvalue weighted by Crippen LogP contribution is 2.47. The fraction of sp³-hybridized carbons (Fsp3) is 0.636. The predicted molar refractivity (Wildman–Crippen MR) is 164 cm³/mol. The topological polar surface area (TPSA) is 97.7 Å². The van der Waals surface area contributed by atoms with E-state index in [9.17, 15) is 21.4 Å². The van der Waals surface area contributed by atoms with Crippen LogP contribution in [0, 0.1) is 0 Å². The highest BCUT2D eigenvalue weighted by Gasteiger charge is 2.34. The second-order valence-corrected chi connectivity index (χ2v) is 16.0. The first-order valence-electron chi connectivity index (χ1n) is 15.5. The van der Waals surface area contributed by atoms with Gasteiger partial charge >= 0.3 is 10.1 Å². The molecule has 0 atom stereocenters. The summed E-state index contributed by atoms with van der Waals surface area (Å²) in [4.78, 5) is 0.0605. The van der Waals surface area contributed by atoms with Crippen molar-refractivity contribution in [2.45, 2.75) is 145 Å². The molecule has 0 amide bonds. The molecule has 0 unspecified atom stereocenters. The first-order valence-corrected chi connectivity index (χ1v) is 18.3. The summed E-state index contributed by atoms with van der Waals surface area (Å²) in [6, 6.07) is 6.94. The zero-order chi connectivity index (χ0) is 30.1. The molecule has 2 saturated carbocycles. The minimum absolute atomic E-state index is 0.0320. The molecule has 0 radical (unpaired) electrons. The zero-order valence-corrected chi connectivity index (χ0v) is 27.2. The molecule has 2 aromatic carbocycles. The van der Waals surface area contributed by atoms with E-state index >= 15 is 0 Å². The van der Waals surface area contributed by atoms with Gasteiger partial charge in [0.25, 0.3) is 10.1 Å². The first kappa shape index (κ1) is 32.0. The van der Waals surface area contributed by atoms with Crippen molar-refractivity contribution in [2.75, 3.05) is 0 Å². The van der Waals surface area contributed by atoms with Crippen LogP contribution in [0.4, 0.5) is 0 Å². The highest BCUT2D eigenvalue weighted by molar-refractivity contribution is 7.87. The van der Waals surface area contributed by atoms with Gasteiger partial charge in [0.05, 0.1) is 4.90 Å². The Morgan fingerprint density at radius 1 is 0.659 bits per heavy atom. The van der Waals surface area contributed by atoms with E-state index in [0.29, 0.717) is 11.1 Å². The summed E-state index contributed by atoms with van der Waals surface area (Å²) in [5.74, 6) is 0.375. The van der Waals surface area contributed by atoms with Crippen LogP contribution in [0.1, 0.15) is 163 Å². The van der Waals surface area contributed by atoms with Gasteiger partial charge in [-0.25, -0.2) is 0 Å². The maximum atomic E-state index is 14.5. The minimum atomic E-state index is -4.49. The molecule has 4 rings (SSSR count). The van der Waals surface area contributed by atoms with Gasteiger partial charge in [0.1, 0.15) is 10.6 Å². The Labute approximate surface area is 248 Å². The van der Waals surface area contributed by atoms with Crippen LogP contribution >= 0.6 is 0 Å². The van der Waals surface area contributed by atoms with E-state index < -0.39 is 20.2 Å². The molecule has 2 aromatic rings. The van der Waals surface area contributed by atoms with Gasteiger partial charge in [0, 0.05) is 11.1 Å². The lowest BCUT2D eigenvalue weighted by Gasteiger charge is -2.30. The Balaban J connectivity index is 1.98. The van der Waals surface area contributed by atoms with Crippen molar-refractivity contribution in [3.8, 4) is 5.75 Å². The molecule has 41 heavy (non-hydrogen) atoms. The van der Waals surface area contributed by atoms with Gasteiger partial charge < -0.3 is 4.18 Å². The van der Waals surface area contributed by atoms with Crippen molar-refractivity contribution in [3.05, 3.63) is 52.1 Å². The van der Waals surface area contributed by atoms with Crippen molar-refractivity contribution in [2.24, 2.45) is 0 Å². The third-order valence-electron chi connectivity index (χ3n) is 9.03. The third kappa shape index (κ3) is 7.19. The average molecular weight is 605 g/mol. The largest absolute Gasteiger partial charge is 0.378 e. The van der Waals surface area contributed by atoms with E-state index in [2.05, 4.69) is 13.8 Å². The van der Waals surface area contributed by atoms with Crippen LogP contribution in [0.15, 0.2) is 34.1 Å². The monoisotopic (exact) mass is 604 g/mol. The summed E-state index contributed by atoms with van der Waals surface area (Å²) in [6.07, 6.45) is 9.43. The first-order chi connectivity index (χ1) is 19.2. The summed E-state index contributed by atoms with van der Waals surface area (Å²) < 4.78 is 70.3. The molecule has 0 spiro atoms. The molecule has 0 aliphatic heterocycles. The summed E-state index contributed by atoms with van der Waals surface area (Å²) >= 11 is 0. The molecule has 228 valence electrons. The lowest BCUT2D eigenvalue weighted by atomic mass is 9.79. The van der Waals surface area contributed by atoms with Gasteiger partial charge in [-0.3, -0.25) is 4.55 Å². The van der Waals surface area contributed by atoms with Crippen molar-refractivity contribution >= 4 is 20.2 Å². The van der Waals surface area contributed by atoms with Crippen LogP contribution in [0.3, 0.4) is 0 Å². The molecule has 2 aliphatic rings. The highest BCUT2D eigenvalue weighted by atomic mass is 32.2. The van der Waals surface area contributed by atoms with Gasteiger partial charge in [-0.15, -0.1) is 0 Å². The fourth-order valence-corrected chi connectivity index (χ4v) is 8.87. The van der Waals surface area contributed by atoms with Crippen molar-refractivity contribution in [3.63, 3.8) is 0 Å². The third-order valence-corrected chi connectivity index (χ3v) is 11.2. The van der Waals surface area contributed by atoms with E-state index in [0.717, 1.165) is 80.9 Å². The molecule has 0 heterocycles. The van der Waals surface area contributed by atoms with Gasteiger partial charge in [-0.2, -0.15) is 16.8 Å². The standard InChI is InChI=1S/C33H48O6S2/c1-21(2)26-17-28(22(3)4)33(29(18-26)23(5)6)41(37,38)39-32-30(24-13-9-7-10-14-24)19-27(40(34,35)36)20-31(32)25-15-11-8-12-16-25/h17-25H,7-16H2,1-6H3,(H,34,35,36). The van der Waals surface area contributed by atoms with Gasteiger partial charge in [-0.1, -0.05) is 92.2 Å². The molecular weight excluding hydrogens is 556 g/mol. The number of rotatable bonds is 9. The van der Waals surface area contributed by atoms with E-state index in [1.807, 2.05) is 39.8 Å². The zero-order valence-electron chi connectivity index (χ0n) is 25.6. The second-order valence-electron chi connectivity index (χ2n) is 13.1. The van der Waals surface area contributed by atoms with Crippen molar-refractivity contribution in [1.82, 2.24) is 0 Å². The number of hydrogen-bond acceptors (Lipinski definition) is 5. The maximum Gasteiger partial charge on any atom is 0.339 e. The second kappa shape index (κ2) is 12.8. The smallest absolute Gasteiger partial charge is 0.339 e. The summed E-state index contributed by atoms with van der Waals surface area (Å²) in [6.45, 7) is 12.2. The molecule has 2 aliphatic carbocycles. The SMILES string of the molecule is CC(C)c1cc(C(C)C)c(S(=O)(=O)Oc2c(C3CCCCC3)cc(S(=O)(=O)O)cc2C2CCCCC2)c(C(C)C)c1. The van der Waals surface area contributed by atoms with Gasteiger partial charge in [0.15, 0.2) is 0 Å². The summed E-state index contributed by atoms with van der Waals surface area (Å²) in [7, 11) is -8.78. The van der Waals surface area contributed by atoms with Crippen LogP contribution in [0.25, 0.3) is 0 Å². The Bertz CT molecular complexity index is 1370. The summed E-state index contributed by atoms with van der Waals surface area (Å²) in [5, 5.41) is 0. The fourth-order valence-electron chi connectivity index (χ4n) is 6.65. The normalized spacial score (nSPS) is 18.0. The Morgan fingerprint density at radius 2 is 1.07 bits per heavy atom. The van der Waals surface area contributed by atoms with E-state index in [1.165, 1.54) is 12.1 Å². The summed E-state index contributed by atoms with van der Waals surface area (Å²) in [5.41, 5.74) is 3.78. The van der Waals surface area contributed by atoms with Crippen LogP contribution in [-0.4, -0.2) is 21.4 Å². The minimum Gasteiger partial charge on any atom is -0.378 e. The predicted octanol–water partition coefficient (Wildman–Crippen LogP) is 9.17. The number of hydrogen-bond donors (Lipinski definition) is 1. The van der Waals surface area contributed by atoms with Crippen LogP contribution < -0.4 is 4.18 Å². The number of benzene rings is 2. The van der Waals surface area contributed by atoms with Crippen LogP contribution in [-0.2, 0) is 20.2 Å². The Kier molecular flexibility index (Phi) is 9.97. The lowest BCUT2D eigenvalue weighted by Crippen LogP contribution is -2.21. The van der Waals surface area contributed by atoms with E-state index in [4.69, 9.17) is 4.18 Å². The Hall–Kier alpha value is -1.90. The quantitative estimate of drug-likeness (QED) is 0.226. The molecule has 0 saturated heterocycles. The molecule has 6 nitrogen and oxygen atoms in total. The molecule has 1 N–H and O–H groups in total.